The van der Waals surface area contributed by atoms with Gasteiger partial charge in [0.2, 0.25) is 0 Å². The molecule has 0 heterocycles. The quantitative estimate of drug-likeness (QED) is 0.615. The monoisotopic (exact) mass is 218 g/mol. The molecular formula is C15H22O. The number of hydrogen-bond donors (Lipinski definition) is 0. The Kier molecular flexibility index (Phi) is 2.12. The van der Waals surface area contributed by atoms with Crippen molar-refractivity contribution in [1.29, 1.82) is 0 Å². The van der Waals surface area contributed by atoms with E-state index in [0.717, 1.165) is 24.7 Å². The van der Waals surface area contributed by atoms with Gasteiger partial charge in [-0.05, 0) is 55.8 Å². The summed E-state index contributed by atoms with van der Waals surface area (Å²) in [5.74, 6) is 3.05. The highest BCUT2D eigenvalue weighted by Gasteiger charge is 2.57. The summed E-state index contributed by atoms with van der Waals surface area (Å²) >= 11 is 0. The zero-order valence-corrected chi connectivity index (χ0v) is 10.6. The molecule has 0 aromatic rings. The molecular weight excluding hydrogens is 196 g/mol. The Hall–Kier alpha value is -0.590. The number of hydrogen-bond acceptors (Lipinski definition) is 1. The molecule has 0 aromatic carbocycles. The molecule has 0 amide bonds. The van der Waals surface area contributed by atoms with E-state index in [1.54, 1.807) is 12.5 Å². The van der Waals surface area contributed by atoms with Crippen LogP contribution < -0.4 is 0 Å². The van der Waals surface area contributed by atoms with Crippen LogP contribution in [0.5, 0.6) is 0 Å². The Morgan fingerprint density at radius 2 is 2.12 bits per heavy atom. The second-order valence-corrected chi connectivity index (χ2v) is 6.65. The number of ketones is 1. The van der Waals surface area contributed by atoms with Crippen LogP contribution in [0.3, 0.4) is 0 Å². The van der Waals surface area contributed by atoms with Crippen LogP contribution >= 0.6 is 0 Å². The minimum Gasteiger partial charge on any atom is -0.300 e. The van der Waals surface area contributed by atoms with Gasteiger partial charge in [0.1, 0.15) is 5.78 Å². The Balaban J connectivity index is 1.92. The van der Waals surface area contributed by atoms with Crippen LogP contribution in [0.4, 0.5) is 0 Å². The van der Waals surface area contributed by atoms with Crippen LogP contribution in [0.15, 0.2) is 11.6 Å². The Morgan fingerprint density at radius 3 is 2.75 bits per heavy atom. The molecule has 4 aliphatic carbocycles. The third-order valence-corrected chi connectivity index (χ3v) is 5.71. The molecule has 0 saturated heterocycles. The second-order valence-electron chi connectivity index (χ2n) is 6.65. The molecule has 4 unspecified atom stereocenters. The summed E-state index contributed by atoms with van der Waals surface area (Å²) in [4.78, 5) is 11.7. The topological polar surface area (TPSA) is 17.1 Å². The average molecular weight is 218 g/mol. The van der Waals surface area contributed by atoms with E-state index in [2.05, 4.69) is 19.9 Å². The second kappa shape index (κ2) is 3.21. The molecule has 0 spiro atoms. The van der Waals surface area contributed by atoms with Crippen LogP contribution in [0.2, 0.25) is 0 Å². The SMILES string of the molecule is CC(=O)C1CCC=C2C1CC1CC2C1(C)C. The summed E-state index contributed by atoms with van der Waals surface area (Å²) in [5.41, 5.74) is 2.17. The molecule has 1 heteroatoms. The van der Waals surface area contributed by atoms with Gasteiger partial charge >= 0.3 is 0 Å². The summed E-state index contributed by atoms with van der Waals surface area (Å²) < 4.78 is 0. The van der Waals surface area contributed by atoms with E-state index in [4.69, 9.17) is 0 Å². The van der Waals surface area contributed by atoms with Gasteiger partial charge in [-0.3, -0.25) is 4.79 Å². The fourth-order valence-corrected chi connectivity index (χ4v) is 4.49. The van der Waals surface area contributed by atoms with Gasteiger partial charge in [0, 0.05) is 5.92 Å². The predicted molar refractivity (Wildman–Crippen MR) is 65.0 cm³/mol. The van der Waals surface area contributed by atoms with E-state index < -0.39 is 0 Å². The van der Waals surface area contributed by atoms with E-state index >= 15 is 0 Å². The maximum atomic E-state index is 11.7. The molecule has 4 atom stereocenters. The van der Waals surface area contributed by atoms with Gasteiger partial charge < -0.3 is 0 Å². The highest BCUT2D eigenvalue weighted by atomic mass is 16.1. The average Bonchev–Trinajstić information content (AvgIpc) is 2.26. The fraction of sp³-hybridized carbons (Fsp3) is 0.800. The summed E-state index contributed by atoms with van der Waals surface area (Å²) in [6, 6.07) is 0. The molecule has 88 valence electrons. The van der Waals surface area contributed by atoms with Crippen molar-refractivity contribution in [3.8, 4) is 0 Å². The van der Waals surface area contributed by atoms with Crippen molar-refractivity contribution in [3.63, 3.8) is 0 Å². The van der Waals surface area contributed by atoms with Gasteiger partial charge in [0.15, 0.2) is 0 Å². The van der Waals surface area contributed by atoms with Gasteiger partial charge in [-0.25, -0.2) is 0 Å². The van der Waals surface area contributed by atoms with Gasteiger partial charge in [0.05, 0.1) is 0 Å². The third kappa shape index (κ3) is 1.20. The van der Waals surface area contributed by atoms with Crippen molar-refractivity contribution in [1.82, 2.24) is 0 Å². The minimum atomic E-state index is 0.349. The number of Topliss-reactive ketones (excluding diaryl/α,β-unsaturated/α-hetero) is 1. The van der Waals surface area contributed by atoms with Gasteiger partial charge in [-0.15, -0.1) is 0 Å². The first kappa shape index (κ1) is 10.6. The first-order chi connectivity index (χ1) is 7.51. The molecule has 3 saturated carbocycles. The predicted octanol–water partition coefficient (Wildman–Crippen LogP) is 3.59. The summed E-state index contributed by atoms with van der Waals surface area (Å²) in [6.07, 6.45) is 7.36. The Labute approximate surface area is 98.3 Å². The van der Waals surface area contributed by atoms with Crippen molar-refractivity contribution in [2.24, 2.45) is 29.1 Å². The summed E-state index contributed by atoms with van der Waals surface area (Å²) in [5, 5.41) is 0. The van der Waals surface area contributed by atoms with Crippen molar-refractivity contribution in [3.05, 3.63) is 11.6 Å². The van der Waals surface area contributed by atoms with E-state index in [0.29, 0.717) is 23.0 Å². The maximum absolute atomic E-state index is 11.7. The lowest BCUT2D eigenvalue weighted by molar-refractivity contribution is -0.126. The highest BCUT2D eigenvalue weighted by Crippen LogP contribution is 2.65. The van der Waals surface area contributed by atoms with Crippen LogP contribution in [-0.2, 0) is 4.79 Å². The normalized spacial score (nSPS) is 44.1. The molecule has 0 radical (unpaired) electrons. The lowest BCUT2D eigenvalue weighted by Crippen LogP contribution is -2.54. The zero-order chi connectivity index (χ0) is 11.5. The first-order valence-corrected chi connectivity index (χ1v) is 6.72. The van der Waals surface area contributed by atoms with Crippen LogP contribution in [0, 0.1) is 29.1 Å². The third-order valence-electron chi connectivity index (χ3n) is 5.71. The summed E-state index contributed by atoms with van der Waals surface area (Å²) in [6.45, 7) is 6.62. The smallest absolute Gasteiger partial charge is 0.133 e. The molecule has 0 N–H and O–H groups in total. The fourth-order valence-electron chi connectivity index (χ4n) is 4.49. The molecule has 4 rings (SSSR count). The number of allylic oxidation sites excluding steroid dienone is 2. The van der Waals surface area contributed by atoms with E-state index in [9.17, 15) is 4.79 Å². The lowest BCUT2D eigenvalue weighted by atomic mass is 9.43. The Morgan fingerprint density at radius 1 is 1.38 bits per heavy atom. The summed E-state index contributed by atoms with van der Waals surface area (Å²) in [7, 11) is 0. The van der Waals surface area contributed by atoms with Crippen molar-refractivity contribution >= 4 is 5.78 Å². The van der Waals surface area contributed by atoms with E-state index in [1.165, 1.54) is 12.8 Å². The number of rotatable bonds is 1. The van der Waals surface area contributed by atoms with Gasteiger partial charge in [-0.2, -0.15) is 0 Å². The lowest BCUT2D eigenvalue weighted by Gasteiger charge is -2.62. The molecule has 3 fully saturated rings. The zero-order valence-electron chi connectivity index (χ0n) is 10.6. The Bertz CT molecular complexity index is 364. The molecule has 16 heavy (non-hydrogen) atoms. The number of carbonyl (C=O) groups excluding carboxylic acids is 1. The number of carbonyl (C=O) groups is 1. The van der Waals surface area contributed by atoms with Gasteiger partial charge in [-0.1, -0.05) is 25.5 Å². The van der Waals surface area contributed by atoms with Crippen LogP contribution in [-0.4, -0.2) is 5.78 Å². The molecule has 4 aliphatic rings. The van der Waals surface area contributed by atoms with Crippen molar-refractivity contribution in [2.45, 2.75) is 46.5 Å². The molecule has 0 aliphatic heterocycles. The van der Waals surface area contributed by atoms with Crippen LogP contribution in [0.25, 0.3) is 0 Å². The first-order valence-electron chi connectivity index (χ1n) is 6.72. The van der Waals surface area contributed by atoms with Crippen molar-refractivity contribution < 1.29 is 4.79 Å². The largest absolute Gasteiger partial charge is 0.300 e. The van der Waals surface area contributed by atoms with Crippen LogP contribution in [0.1, 0.15) is 46.5 Å². The molecule has 0 aromatic heterocycles. The molecule has 2 bridgehead atoms. The molecule has 1 nitrogen and oxygen atoms in total. The van der Waals surface area contributed by atoms with E-state index in [1.807, 2.05) is 0 Å². The van der Waals surface area contributed by atoms with Gasteiger partial charge in [0.25, 0.3) is 0 Å². The standard InChI is InChI=1S/C15H22O/c1-9(16)11-5-4-6-12-13(11)7-10-8-14(12)15(10,2)3/h6,10-11,13-14H,4-5,7-8H2,1-3H3. The maximum Gasteiger partial charge on any atom is 0.133 e. The minimum absolute atomic E-state index is 0.349. The van der Waals surface area contributed by atoms with E-state index in [-0.39, 0.29) is 0 Å². The highest BCUT2D eigenvalue weighted by molar-refractivity contribution is 5.79. The van der Waals surface area contributed by atoms with Crippen molar-refractivity contribution in [2.75, 3.05) is 0 Å².